The highest BCUT2D eigenvalue weighted by atomic mass is 35.5. The standard InChI is InChI=1S/C18H28ClN/c1-12(2)17-10-5-13(3)11-18(17)20-14(4)15-6-8-16(19)9-7-15/h6-9,12-14,17-18,20H,5,10-11H2,1-4H3. The fourth-order valence-electron chi connectivity index (χ4n) is 3.56. The molecular weight excluding hydrogens is 266 g/mol. The number of halogens is 1. The Kier molecular flexibility index (Phi) is 5.51. The van der Waals surface area contributed by atoms with Crippen molar-refractivity contribution in [2.45, 2.75) is 59.0 Å². The minimum absolute atomic E-state index is 0.392. The topological polar surface area (TPSA) is 12.0 Å². The summed E-state index contributed by atoms with van der Waals surface area (Å²) in [6.45, 7) is 9.38. The monoisotopic (exact) mass is 293 g/mol. The molecule has 0 amide bonds. The molecule has 1 aliphatic rings. The maximum atomic E-state index is 5.97. The number of nitrogens with one attached hydrogen (secondary N) is 1. The molecule has 4 atom stereocenters. The second-order valence-corrected chi connectivity index (χ2v) is 7.31. The SMILES string of the molecule is CC1CCC(C(C)C)C(NC(C)c2ccc(Cl)cc2)C1. The average molecular weight is 294 g/mol. The Balaban J connectivity index is 2.03. The maximum absolute atomic E-state index is 5.97. The van der Waals surface area contributed by atoms with Crippen molar-refractivity contribution in [3.8, 4) is 0 Å². The Bertz CT molecular complexity index is 412. The molecule has 0 aromatic heterocycles. The van der Waals surface area contributed by atoms with Crippen LogP contribution in [0.3, 0.4) is 0 Å². The summed E-state index contributed by atoms with van der Waals surface area (Å²) in [5.74, 6) is 2.42. The van der Waals surface area contributed by atoms with Gasteiger partial charge in [0.2, 0.25) is 0 Å². The Hall–Kier alpha value is -0.530. The summed E-state index contributed by atoms with van der Waals surface area (Å²) in [4.78, 5) is 0. The van der Waals surface area contributed by atoms with Gasteiger partial charge in [-0.3, -0.25) is 0 Å². The van der Waals surface area contributed by atoms with Crippen LogP contribution in [0.25, 0.3) is 0 Å². The highest BCUT2D eigenvalue weighted by Gasteiger charge is 2.31. The molecule has 0 spiro atoms. The predicted molar refractivity (Wildman–Crippen MR) is 88.1 cm³/mol. The molecule has 1 aromatic carbocycles. The van der Waals surface area contributed by atoms with Crippen molar-refractivity contribution in [1.82, 2.24) is 5.32 Å². The lowest BCUT2D eigenvalue weighted by molar-refractivity contribution is 0.161. The minimum atomic E-state index is 0.392. The molecule has 0 bridgehead atoms. The Morgan fingerprint density at radius 3 is 2.35 bits per heavy atom. The van der Waals surface area contributed by atoms with Crippen molar-refractivity contribution < 1.29 is 0 Å². The van der Waals surface area contributed by atoms with Gasteiger partial charge in [-0.25, -0.2) is 0 Å². The van der Waals surface area contributed by atoms with Gasteiger partial charge in [0.15, 0.2) is 0 Å². The smallest absolute Gasteiger partial charge is 0.0406 e. The van der Waals surface area contributed by atoms with Gasteiger partial charge < -0.3 is 5.32 Å². The van der Waals surface area contributed by atoms with Gasteiger partial charge in [-0.15, -0.1) is 0 Å². The van der Waals surface area contributed by atoms with Gasteiger partial charge in [0.25, 0.3) is 0 Å². The van der Waals surface area contributed by atoms with Gasteiger partial charge in [0.05, 0.1) is 0 Å². The molecule has 1 N–H and O–H groups in total. The number of benzene rings is 1. The van der Waals surface area contributed by atoms with Crippen molar-refractivity contribution >= 4 is 11.6 Å². The third-order valence-corrected chi connectivity index (χ3v) is 5.11. The zero-order valence-electron chi connectivity index (χ0n) is 13.2. The average Bonchev–Trinajstić information content (AvgIpc) is 2.39. The molecule has 2 heteroatoms. The molecule has 0 radical (unpaired) electrons. The fourth-order valence-corrected chi connectivity index (χ4v) is 3.69. The van der Waals surface area contributed by atoms with Crippen LogP contribution in [0, 0.1) is 17.8 Å². The molecule has 20 heavy (non-hydrogen) atoms. The van der Waals surface area contributed by atoms with Crippen molar-refractivity contribution in [2.24, 2.45) is 17.8 Å². The molecule has 0 saturated heterocycles. The summed E-state index contributed by atoms with van der Waals surface area (Å²) < 4.78 is 0. The van der Waals surface area contributed by atoms with E-state index in [2.05, 4.69) is 45.1 Å². The van der Waals surface area contributed by atoms with Crippen molar-refractivity contribution in [2.75, 3.05) is 0 Å². The highest BCUT2D eigenvalue weighted by molar-refractivity contribution is 6.30. The fraction of sp³-hybridized carbons (Fsp3) is 0.667. The van der Waals surface area contributed by atoms with E-state index in [-0.39, 0.29) is 0 Å². The van der Waals surface area contributed by atoms with E-state index >= 15 is 0 Å². The number of hydrogen-bond donors (Lipinski definition) is 1. The van der Waals surface area contributed by atoms with Crippen LogP contribution < -0.4 is 5.32 Å². The Labute approximate surface area is 129 Å². The summed E-state index contributed by atoms with van der Waals surface area (Å²) >= 11 is 5.97. The van der Waals surface area contributed by atoms with Crippen molar-refractivity contribution in [3.63, 3.8) is 0 Å². The van der Waals surface area contributed by atoms with E-state index in [1.807, 2.05) is 12.1 Å². The van der Waals surface area contributed by atoms with Crippen LogP contribution in [0.1, 0.15) is 58.6 Å². The van der Waals surface area contributed by atoms with E-state index in [0.717, 1.165) is 22.8 Å². The summed E-state index contributed by atoms with van der Waals surface area (Å²) in [6.07, 6.45) is 4.06. The van der Waals surface area contributed by atoms with Crippen LogP contribution in [0.2, 0.25) is 5.02 Å². The predicted octanol–water partition coefficient (Wildman–Crippen LogP) is 5.45. The molecule has 0 aliphatic heterocycles. The van der Waals surface area contributed by atoms with Crippen molar-refractivity contribution in [1.29, 1.82) is 0 Å². The number of rotatable bonds is 4. The molecule has 1 aromatic rings. The lowest BCUT2D eigenvalue weighted by atomic mass is 9.73. The molecule has 4 unspecified atom stereocenters. The van der Waals surface area contributed by atoms with Crippen LogP contribution in [0.4, 0.5) is 0 Å². The molecule has 1 aliphatic carbocycles. The molecule has 112 valence electrons. The van der Waals surface area contributed by atoms with E-state index in [0.29, 0.717) is 12.1 Å². The first-order valence-electron chi connectivity index (χ1n) is 7.99. The second kappa shape index (κ2) is 6.95. The normalized spacial score (nSPS) is 28.6. The van der Waals surface area contributed by atoms with Gasteiger partial charge in [-0.1, -0.05) is 50.9 Å². The first-order chi connectivity index (χ1) is 9.47. The maximum Gasteiger partial charge on any atom is 0.0406 e. The molecule has 1 nitrogen and oxygen atoms in total. The highest BCUT2D eigenvalue weighted by Crippen LogP contribution is 2.34. The zero-order chi connectivity index (χ0) is 14.7. The third kappa shape index (κ3) is 3.99. The summed E-state index contributed by atoms with van der Waals surface area (Å²) in [6, 6.07) is 9.28. The van der Waals surface area contributed by atoms with Crippen LogP contribution in [-0.4, -0.2) is 6.04 Å². The Morgan fingerprint density at radius 1 is 1.10 bits per heavy atom. The molecule has 0 heterocycles. The largest absolute Gasteiger partial charge is 0.307 e. The molecule has 2 rings (SSSR count). The molecule has 1 saturated carbocycles. The van der Waals surface area contributed by atoms with Gasteiger partial charge in [0.1, 0.15) is 0 Å². The van der Waals surface area contributed by atoms with Gasteiger partial charge >= 0.3 is 0 Å². The Morgan fingerprint density at radius 2 is 1.75 bits per heavy atom. The third-order valence-electron chi connectivity index (χ3n) is 4.86. The minimum Gasteiger partial charge on any atom is -0.307 e. The summed E-state index contributed by atoms with van der Waals surface area (Å²) in [5, 5.41) is 4.69. The van der Waals surface area contributed by atoms with E-state index in [4.69, 9.17) is 11.6 Å². The van der Waals surface area contributed by atoms with Gasteiger partial charge in [0, 0.05) is 17.1 Å². The first kappa shape index (κ1) is 15.9. The molecule has 1 fully saturated rings. The quantitative estimate of drug-likeness (QED) is 0.778. The lowest BCUT2D eigenvalue weighted by Crippen LogP contribution is -2.43. The summed E-state index contributed by atoms with van der Waals surface area (Å²) in [7, 11) is 0. The van der Waals surface area contributed by atoms with Crippen LogP contribution in [-0.2, 0) is 0 Å². The van der Waals surface area contributed by atoms with E-state index in [1.165, 1.54) is 24.8 Å². The second-order valence-electron chi connectivity index (χ2n) is 6.87. The van der Waals surface area contributed by atoms with E-state index < -0.39 is 0 Å². The van der Waals surface area contributed by atoms with Crippen LogP contribution in [0.15, 0.2) is 24.3 Å². The first-order valence-corrected chi connectivity index (χ1v) is 8.36. The van der Waals surface area contributed by atoms with E-state index in [1.54, 1.807) is 0 Å². The molecular formula is C18H28ClN. The van der Waals surface area contributed by atoms with Gasteiger partial charge in [-0.2, -0.15) is 0 Å². The number of hydrogen-bond acceptors (Lipinski definition) is 1. The van der Waals surface area contributed by atoms with E-state index in [9.17, 15) is 0 Å². The van der Waals surface area contributed by atoms with Crippen LogP contribution >= 0.6 is 11.6 Å². The zero-order valence-corrected chi connectivity index (χ0v) is 14.0. The van der Waals surface area contributed by atoms with Crippen molar-refractivity contribution in [3.05, 3.63) is 34.9 Å². The lowest BCUT2D eigenvalue weighted by Gasteiger charge is -2.39. The van der Waals surface area contributed by atoms with Crippen LogP contribution in [0.5, 0.6) is 0 Å². The summed E-state index contributed by atoms with van der Waals surface area (Å²) in [5.41, 5.74) is 1.33. The van der Waals surface area contributed by atoms with Gasteiger partial charge in [-0.05, 0) is 55.2 Å².